The molecule has 0 aromatic carbocycles. The molecule has 1 amide bonds. The predicted octanol–water partition coefficient (Wildman–Crippen LogP) is 1.04. The molecule has 3 N–H and O–H groups in total. The summed E-state index contributed by atoms with van der Waals surface area (Å²) < 4.78 is 5.16. The molecule has 1 aliphatic carbocycles. The summed E-state index contributed by atoms with van der Waals surface area (Å²) in [7, 11) is 0. The monoisotopic (exact) mass is 266 g/mol. The maximum absolute atomic E-state index is 11.9. The number of nitrogens with one attached hydrogen (secondary N) is 2. The van der Waals surface area contributed by atoms with E-state index < -0.39 is 0 Å². The van der Waals surface area contributed by atoms with Gasteiger partial charge in [-0.1, -0.05) is 0 Å². The summed E-state index contributed by atoms with van der Waals surface area (Å²) in [5.74, 6) is 0.718. The van der Waals surface area contributed by atoms with Gasteiger partial charge in [0, 0.05) is 13.2 Å². The van der Waals surface area contributed by atoms with Gasteiger partial charge in [0.15, 0.2) is 0 Å². The van der Waals surface area contributed by atoms with Crippen LogP contribution < -0.4 is 10.6 Å². The van der Waals surface area contributed by atoms with Crippen LogP contribution in [0, 0.1) is 5.41 Å². The zero-order valence-corrected chi connectivity index (χ0v) is 11.3. The fourth-order valence-corrected chi connectivity index (χ4v) is 2.13. The average molecular weight is 266 g/mol. The Balaban J connectivity index is 1.67. The van der Waals surface area contributed by atoms with Crippen LogP contribution in [0.25, 0.3) is 0 Å². The van der Waals surface area contributed by atoms with Crippen LogP contribution in [-0.4, -0.2) is 30.2 Å². The second-order valence-corrected chi connectivity index (χ2v) is 5.37. The minimum atomic E-state index is -0.230. The second-order valence-electron chi connectivity index (χ2n) is 5.37. The molecule has 0 bridgehead atoms. The van der Waals surface area contributed by atoms with E-state index in [1.54, 1.807) is 12.3 Å². The molecule has 19 heavy (non-hydrogen) atoms. The summed E-state index contributed by atoms with van der Waals surface area (Å²) >= 11 is 0. The molecule has 106 valence electrons. The third-order valence-corrected chi connectivity index (χ3v) is 3.79. The Kier molecular flexibility index (Phi) is 4.61. The number of carbonyl (C=O) groups is 1. The number of aliphatic hydroxyl groups excluding tert-OH is 1. The van der Waals surface area contributed by atoms with E-state index in [2.05, 4.69) is 10.6 Å². The van der Waals surface area contributed by atoms with Gasteiger partial charge in [0.05, 0.1) is 18.8 Å². The van der Waals surface area contributed by atoms with Gasteiger partial charge >= 0.3 is 0 Å². The lowest BCUT2D eigenvalue weighted by Crippen LogP contribution is -2.44. The fourth-order valence-electron chi connectivity index (χ4n) is 2.13. The standard InChI is InChI=1S/C14H22N2O3/c1-11(16-10-14(4-5-14)6-7-17)13(18)15-9-12-3-2-8-19-12/h2-3,8,11,16-17H,4-7,9-10H2,1H3,(H,15,18). The van der Waals surface area contributed by atoms with Crippen LogP contribution in [0.15, 0.2) is 22.8 Å². The van der Waals surface area contributed by atoms with Crippen molar-refractivity contribution in [2.75, 3.05) is 13.2 Å². The summed E-state index contributed by atoms with van der Waals surface area (Å²) in [5.41, 5.74) is 0.226. The van der Waals surface area contributed by atoms with Crippen LogP contribution in [0.1, 0.15) is 31.9 Å². The van der Waals surface area contributed by atoms with E-state index in [-0.39, 0.29) is 24.0 Å². The Bertz CT molecular complexity index is 399. The fraction of sp³-hybridized carbons (Fsp3) is 0.643. The number of carbonyl (C=O) groups excluding carboxylic acids is 1. The Morgan fingerprint density at radius 3 is 2.95 bits per heavy atom. The highest BCUT2D eigenvalue weighted by Crippen LogP contribution is 2.47. The van der Waals surface area contributed by atoms with Gasteiger partial charge in [-0.05, 0) is 43.7 Å². The van der Waals surface area contributed by atoms with Gasteiger partial charge in [0.2, 0.25) is 5.91 Å². The van der Waals surface area contributed by atoms with E-state index in [0.717, 1.165) is 31.6 Å². The van der Waals surface area contributed by atoms with Crippen LogP contribution in [0.2, 0.25) is 0 Å². The van der Waals surface area contributed by atoms with E-state index in [0.29, 0.717) is 6.54 Å². The minimum absolute atomic E-state index is 0.0313. The normalized spacial score (nSPS) is 18.0. The predicted molar refractivity (Wildman–Crippen MR) is 71.4 cm³/mol. The number of amides is 1. The molecule has 0 saturated heterocycles. The summed E-state index contributed by atoms with van der Waals surface area (Å²) in [5, 5.41) is 15.1. The maximum Gasteiger partial charge on any atom is 0.237 e. The zero-order chi connectivity index (χ0) is 13.7. The Morgan fingerprint density at radius 2 is 2.37 bits per heavy atom. The highest BCUT2D eigenvalue weighted by atomic mass is 16.3. The molecule has 1 aromatic rings. The lowest BCUT2D eigenvalue weighted by atomic mass is 10.0. The highest BCUT2D eigenvalue weighted by Gasteiger charge is 2.41. The number of furan rings is 1. The van der Waals surface area contributed by atoms with Crippen molar-refractivity contribution >= 4 is 5.91 Å². The first-order valence-electron chi connectivity index (χ1n) is 6.80. The van der Waals surface area contributed by atoms with Crippen molar-refractivity contribution in [3.8, 4) is 0 Å². The third kappa shape index (κ3) is 4.08. The van der Waals surface area contributed by atoms with Crippen molar-refractivity contribution < 1.29 is 14.3 Å². The van der Waals surface area contributed by atoms with Gasteiger partial charge in [0.25, 0.3) is 0 Å². The van der Waals surface area contributed by atoms with Gasteiger partial charge in [-0.2, -0.15) is 0 Å². The molecule has 0 spiro atoms. The SMILES string of the molecule is CC(NCC1(CCO)CC1)C(=O)NCc1ccco1. The number of aliphatic hydroxyl groups is 1. The smallest absolute Gasteiger partial charge is 0.237 e. The number of hydrogen-bond donors (Lipinski definition) is 3. The van der Waals surface area contributed by atoms with Crippen molar-refractivity contribution in [2.45, 2.75) is 38.8 Å². The van der Waals surface area contributed by atoms with E-state index >= 15 is 0 Å². The topological polar surface area (TPSA) is 74.5 Å². The highest BCUT2D eigenvalue weighted by molar-refractivity contribution is 5.81. The first kappa shape index (κ1) is 14.1. The molecule has 5 nitrogen and oxygen atoms in total. The zero-order valence-electron chi connectivity index (χ0n) is 11.3. The molecule has 5 heteroatoms. The molecule has 1 aromatic heterocycles. The van der Waals surface area contributed by atoms with Crippen molar-refractivity contribution in [3.63, 3.8) is 0 Å². The molecule has 0 radical (unpaired) electrons. The lowest BCUT2D eigenvalue weighted by Gasteiger charge is -2.18. The van der Waals surface area contributed by atoms with Crippen molar-refractivity contribution in [1.29, 1.82) is 0 Å². The van der Waals surface area contributed by atoms with Gasteiger partial charge in [-0.3, -0.25) is 4.79 Å². The van der Waals surface area contributed by atoms with Gasteiger partial charge in [-0.15, -0.1) is 0 Å². The summed E-state index contributed by atoms with van der Waals surface area (Å²) in [6.45, 7) is 3.29. The second kappa shape index (κ2) is 6.21. The van der Waals surface area contributed by atoms with Crippen molar-refractivity contribution in [2.24, 2.45) is 5.41 Å². The largest absolute Gasteiger partial charge is 0.467 e. The number of rotatable bonds is 8. The molecule has 1 fully saturated rings. The molecule has 1 aliphatic rings. The van der Waals surface area contributed by atoms with Gasteiger partial charge in [0.1, 0.15) is 5.76 Å². The van der Waals surface area contributed by atoms with Crippen LogP contribution in [0.5, 0.6) is 0 Å². The molecular weight excluding hydrogens is 244 g/mol. The first-order chi connectivity index (χ1) is 9.15. The van der Waals surface area contributed by atoms with Crippen LogP contribution in [-0.2, 0) is 11.3 Å². The summed E-state index contributed by atoms with van der Waals surface area (Å²) in [4.78, 5) is 11.9. The van der Waals surface area contributed by atoms with Crippen molar-refractivity contribution in [1.82, 2.24) is 10.6 Å². The molecule has 1 atom stereocenters. The Hall–Kier alpha value is -1.33. The Morgan fingerprint density at radius 1 is 1.58 bits per heavy atom. The van der Waals surface area contributed by atoms with Crippen LogP contribution in [0.4, 0.5) is 0 Å². The summed E-state index contributed by atoms with van der Waals surface area (Å²) in [6, 6.07) is 3.40. The van der Waals surface area contributed by atoms with Gasteiger partial charge in [-0.25, -0.2) is 0 Å². The van der Waals surface area contributed by atoms with E-state index in [1.165, 1.54) is 0 Å². The van der Waals surface area contributed by atoms with Crippen LogP contribution in [0.3, 0.4) is 0 Å². The minimum Gasteiger partial charge on any atom is -0.467 e. The number of hydrogen-bond acceptors (Lipinski definition) is 4. The van der Waals surface area contributed by atoms with E-state index in [1.807, 2.05) is 13.0 Å². The van der Waals surface area contributed by atoms with Gasteiger partial charge < -0.3 is 20.2 Å². The van der Waals surface area contributed by atoms with Crippen molar-refractivity contribution in [3.05, 3.63) is 24.2 Å². The molecule has 2 rings (SSSR count). The first-order valence-corrected chi connectivity index (χ1v) is 6.80. The average Bonchev–Trinajstić information content (AvgIpc) is 2.97. The molecule has 0 aliphatic heterocycles. The molecule has 1 heterocycles. The molecule has 1 saturated carbocycles. The maximum atomic E-state index is 11.9. The quantitative estimate of drug-likeness (QED) is 0.657. The van der Waals surface area contributed by atoms with E-state index in [4.69, 9.17) is 9.52 Å². The lowest BCUT2D eigenvalue weighted by molar-refractivity contribution is -0.123. The van der Waals surface area contributed by atoms with Crippen LogP contribution >= 0.6 is 0 Å². The summed E-state index contributed by atoms with van der Waals surface area (Å²) in [6.07, 6.45) is 4.69. The van der Waals surface area contributed by atoms with E-state index in [9.17, 15) is 4.79 Å². The Labute approximate surface area is 113 Å². The third-order valence-electron chi connectivity index (χ3n) is 3.79. The molecule has 1 unspecified atom stereocenters. The molecular formula is C14H22N2O3.